The summed E-state index contributed by atoms with van der Waals surface area (Å²) in [6.45, 7) is 4.27. The molecule has 1 unspecified atom stereocenters. The van der Waals surface area contributed by atoms with Crippen molar-refractivity contribution >= 4 is 35.0 Å². The number of hydrogen-bond donors (Lipinski definition) is 2. The van der Waals surface area contributed by atoms with Crippen LogP contribution in [0.25, 0.3) is 0 Å². The molecule has 1 aromatic carbocycles. The Labute approximate surface area is 176 Å². The molecule has 1 aliphatic carbocycles. The van der Waals surface area contributed by atoms with Crippen molar-refractivity contribution in [2.75, 3.05) is 37.6 Å². The number of benzene rings is 1. The van der Waals surface area contributed by atoms with Gasteiger partial charge in [-0.2, -0.15) is 0 Å². The largest absolute Gasteiger partial charge is 0.368 e. The van der Waals surface area contributed by atoms with Gasteiger partial charge in [0.15, 0.2) is 0 Å². The standard InChI is InChI=1S/C21H29ClN4O3/c1-15(24-21(29)16-4-2-3-5-16)20(28)23-14-19(27)26-12-10-25(11-13-26)18-8-6-17(22)7-9-18/h6-9,15-16H,2-5,10-14H2,1H3,(H,23,28)(H,24,29). The Balaban J connectivity index is 1.38. The molecule has 1 aliphatic heterocycles. The van der Waals surface area contributed by atoms with Gasteiger partial charge in [0.05, 0.1) is 6.54 Å². The van der Waals surface area contributed by atoms with Gasteiger partial charge in [0, 0.05) is 42.8 Å². The number of piperazine rings is 1. The fourth-order valence-electron chi connectivity index (χ4n) is 3.88. The predicted octanol–water partition coefficient (Wildman–Crippen LogP) is 1.80. The molecule has 1 saturated carbocycles. The maximum absolute atomic E-state index is 12.4. The summed E-state index contributed by atoms with van der Waals surface area (Å²) in [4.78, 5) is 40.8. The molecule has 1 heterocycles. The molecule has 1 saturated heterocycles. The Bertz CT molecular complexity index is 726. The van der Waals surface area contributed by atoms with Crippen LogP contribution in [0.5, 0.6) is 0 Å². The molecule has 1 aromatic rings. The van der Waals surface area contributed by atoms with E-state index in [1.54, 1.807) is 11.8 Å². The lowest BCUT2D eigenvalue weighted by Crippen LogP contribution is -2.53. The molecular weight excluding hydrogens is 392 g/mol. The van der Waals surface area contributed by atoms with Crippen molar-refractivity contribution in [3.8, 4) is 0 Å². The summed E-state index contributed by atoms with van der Waals surface area (Å²) in [6, 6.07) is 7.02. The van der Waals surface area contributed by atoms with Crippen LogP contribution in [-0.2, 0) is 14.4 Å². The monoisotopic (exact) mass is 420 g/mol. The highest BCUT2D eigenvalue weighted by Gasteiger charge is 2.26. The number of nitrogens with zero attached hydrogens (tertiary/aromatic N) is 2. The highest BCUT2D eigenvalue weighted by atomic mass is 35.5. The van der Waals surface area contributed by atoms with Crippen molar-refractivity contribution < 1.29 is 14.4 Å². The molecule has 2 fully saturated rings. The molecule has 2 N–H and O–H groups in total. The van der Waals surface area contributed by atoms with E-state index in [-0.39, 0.29) is 30.2 Å². The fourth-order valence-corrected chi connectivity index (χ4v) is 4.00. The molecule has 158 valence electrons. The normalized spacial score (nSPS) is 18.4. The van der Waals surface area contributed by atoms with Gasteiger partial charge in [-0.25, -0.2) is 0 Å². The molecule has 0 bridgehead atoms. The van der Waals surface area contributed by atoms with E-state index in [1.165, 1.54) is 0 Å². The molecular formula is C21H29ClN4O3. The van der Waals surface area contributed by atoms with E-state index in [1.807, 2.05) is 24.3 Å². The Kier molecular flexibility index (Phi) is 7.36. The van der Waals surface area contributed by atoms with E-state index < -0.39 is 6.04 Å². The summed E-state index contributed by atoms with van der Waals surface area (Å²) in [5.74, 6) is -0.480. The number of nitrogens with one attached hydrogen (secondary N) is 2. The van der Waals surface area contributed by atoms with Crippen molar-refractivity contribution in [1.82, 2.24) is 15.5 Å². The Morgan fingerprint density at radius 2 is 1.69 bits per heavy atom. The van der Waals surface area contributed by atoms with Gasteiger partial charge in [0.25, 0.3) is 0 Å². The minimum Gasteiger partial charge on any atom is -0.368 e. The van der Waals surface area contributed by atoms with Crippen LogP contribution < -0.4 is 15.5 Å². The van der Waals surface area contributed by atoms with Crippen LogP contribution in [-0.4, -0.2) is 61.4 Å². The third kappa shape index (κ3) is 5.85. The molecule has 0 spiro atoms. The van der Waals surface area contributed by atoms with Gasteiger partial charge in [0.1, 0.15) is 6.04 Å². The van der Waals surface area contributed by atoms with E-state index in [0.717, 1.165) is 44.5 Å². The first-order chi connectivity index (χ1) is 13.9. The Morgan fingerprint density at radius 3 is 2.31 bits per heavy atom. The topological polar surface area (TPSA) is 81.8 Å². The smallest absolute Gasteiger partial charge is 0.242 e. The number of amides is 3. The van der Waals surface area contributed by atoms with Crippen LogP contribution in [0.3, 0.4) is 0 Å². The molecule has 3 amide bonds. The average Bonchev–Trinajstić information content (AvgIpc) is 3.27. The summed E-state index contributed by atoms with van der Waals surface area (Å²) in [5, 5.41) is 6.11. The van der Waals surface area contributed by atoms with E-state index in [0.29, 0.717) is 18.1 Å². The molecule has 1 atom stereocenters. The minimum atomic E-state index is -0.641. The second-order valence-corrected chi connectivity index (χ2v) is 8.21. The van der Waals surface area contributed by atoms with Crippen LogP contribution in [0.15, 0.2) is 24.3 Å². The number of anilines is 1. The predicted molar refractivity (Wildman–Crippen MR) is 113 cm³/mol. The number of carbonyl (C=O) groups is 3. The second kappa shape index (κ2) is 9.96. The van der Waals surface area contributed by atoms with Gasteiger partial charge in [-0.1, -0.05) is 24.4 Å². The molecule has 29 heavy (non-hydrogen) atoms. The summed E-state index contributed by atoms with van der Waals surface area (Å²) in [5.41, 5.74) is 1.08. The molecule has 0 radical (unpaired) electrons. The third-order valence-corrected chi connectivity index (χ3v) is 5.97. The number of rotatable bonds is 6. The zero-order valence-corrected chi connectivity index (χ0v) is 17.6. The van der Waals surface area contributed by atoms with Crippen LogP contribution in [0.4, 0.5) is 5.69 Å². The van der Waals surface area contributed by atoms with Crippen molar-refractivity contribution in [1.29, 1.82) is 0 Å². The Morgan fingerprint density at radius 1 is 1.07 bits per heavy atom. The zero-order valence-electron chi connectivity index (χ0n) is 16.8. The molecule has 3 rings (SSSR count). The van der Waals surface area contributed by atoms with E-state index in [4.69, 9.17) is 11.6 Å². The van der Waals surface area contributed by atoms with Gasteiger partial charge < -0.3 is 20.4 Å². The lowest BCUT2D eigenvalue weighted by molar-refractivity contribution is -0.134. The van der Waals surface area contributed by atoms with Gasteiger partial charge in [0.2, 0.25) is 17.7 Å². The van der Waals surface area contributed by atoms with Gasteiger partial charge in [-0.3, -0.25) is 14.4 Å². The summed E-state index contributed by atoms with van der Waals surface area (Å²) >= 11 is 5.93. The quantitative estimate of drug-likeness (QED) is 0.735. The van der Waals surface area contributed by atoms with E-state index in [2.05, 4.69) is 15.5 Å². The third-order valence-electron chi connectivity index (χ3n) is 5.72. The van der Waals surface area contributed by atoms with E-state index in [9.17, 15) is 14.4 Å². The van der Waals surface area contributed by atoms with Gasteiger partial charge in [-0.05, 0) is 44.0 Å². The first-order valence-corrected chi connectivity index (χ1v) is 10.7. The zero-order chi connectivity index (χ0) is 20.8. The van der Waals surface area contributed by atoms with Crippen molar-refractivity contribution in [3.05, 3.63) is 29.3 Å². The van der Waals surface area contributed by atoms with Crippen LogP contribution >= 0.6 is 11.6 Å². The summed E-state index contributed by atoms with van der Waals surface area (Å²) in [7, 11) is 0. The van der Waals surface area contributed by atoms with Crippen molar-refractivity contribution in [2.45, 2.75) is 38.6 Å². The lowest BCUT2D eigenvalue weighted by Gasteiger charge is -2.36. The maximum Gasteiger partial charge on any atom is 0.242 e. The first kappa shape index (κ1) is 21.4. The number of hydrogen-bond acceptors (Lipinski definition) is 4. The first-order valence-electron chi connectivity index (χ1n) is 10.3. The molecule has 8 heteroatoms. The second-order valence-electron chi connectivity index (χ2n) is 7.77. The average molecular weight is 421 g/mol. The number of halogens is 1. The summed E-state index contributed by atoms with van der Waals surface area (Å²) in [6.07, 6.45) is 3.91. The highest BCUT2D eigenvalue weighted by molar-refractivity contribution is 6.30. The molecule has 0 aromatic heterocycles. The summed E-state index contributed by atoms with van der Waals surface area (Å²) < 4.78 is 0. The minimum absolute atomic E-state index is 0.0174. The number of carbonyl (C=O) groups excluding carboxylic acids is 3. The fraction of sp³-hybridized carbons (Fsp3) is 0.571. The maximum atomic E-state index is 12.4. The lowest BCUT2D eigenvalue weighted by atomic mass is 10.1. The van der Waals surface area contributed by atoms with Crippen LogP contribution in [0.2, 0.25) is 5.02 Å². The molecule has 7 nitrogen and oxygen atoms in total. The van der Waals surface area contributed by atoms with Crippen LogP contribution in [0, 0.1) is 5.92 Å². The van der Waals surface area contributed by atoms with Crippen LogP contribution in [0.1, 0.15) is 32.6 Å². The van der Waals surface area contributed by atoms with E-state index >= 15 is 0 Å². The molecule has 2 aliphatic rings. The van der Waals surface area contributed by atoms with Gasteiger partial charge >= 0.3 is 0 Å². The SMILES string of the molecule is CC(NC(=O)C1CCCC1)C(=O)NCC(=O)N1CCN(c2ccc(Cl)cc2)CC1. The van der Waals surface area contributed by atoms with Gasteiger partial charge in [-0.15, -0.1) is 0 Å². The van der Waals surface area contributed by atoms with Crippen molar-refractivity contribution in [3.63, 3.8) is 0 Å². The Hall–Kier alpha value is -2.28. The highest BCUT2D eigenvalue weighted by Crippen LogP contribution is 2.24. The van der Waals surface area contributed by atoms with Crippen molar-refractivity contribution in [2.24, 2.45) is 5.92 Å².